The Morgan fingerprint density at radius 3 is 2.71 bits per heavy atom. The maximum Gasteiger partial charge on any atom is 0.416 e. The number of fused-ring (bicyclic) bond motifs is 1. The van der Waals surface area contributed by atoms with Crippen molar-refractivity contribution in [2.45, 2.75) is 25.6 Å². The van der Waals surface area contributed by atoms with Crippen LogP contribution in [0, 0.1) is 11.3 Å². The topological polar surface area (TPSA) is 118 Å². The van der Waals surface area contributed by atoms with Gasteiger partial charge in [0.15, 0.2) is 5.82 Å². The Kier molecular flexibility index (Phi) is 6.31. The highest BCUT2D eigenvalue weighted by molar-refractivity contribution is 6.10. The van der Waals surface area contributed by atoms with Crippen molar-refractivity contribution >= 4 is 17.5 Å². The van der Waals surface area contributed by atoms with E-state index in [1.807, 2.05) is 0 Å². The van der Waals surface area contributed by atoms with Gasteiger partial charge in [0, 0.05) is 38.2 Å². The summed E-state index contributed by atoms with van der Waals surface area (Å²) >= 11 is 0. The van der Waals surface area contributed by atoms with Crippen molar-refractivity contribution in [3.8, 4) is 28.7 Å². The minimum atomic E-state index is -4.59. The summed E-state index contributed by atoms with van der Waals surface area (Å²) in [5.41, 5.74) is 1.03. The highest BCUT2D eigenvalue weighted by Crippen LogP contribution is 2.40. The number of aryl methyl sites for hydroxylation is 2. The number of carbonyl (C=O) groups excluding carboxylic acids is 1. The molecule has 0 bridgehead atoms. The number of hydrogen-bond donors (Lipinski definition) is 1. The summed E-state index contributed by atoms with van der Waals surface area (Å²) in [7, 11) is 3.55. The average molecular weight is 522 g/mol. The summed E-state index contributed by atoms with van der Waals surface area (Å²) < 4.78 is 44.4. The second-order valence-electron chi connectivity index (χ2n) is 8.80. The van der Waals surface area contributed by atoms with Gasteiger partial charge in [-0.1, -0.05) is 6.07 Å². The number of benzene rings is 1. The van der Waals surface area contributed by atoms with Crippen molar-refractivity contribution in [2.75, 3.05) is 16.8 Å². The van der Waals surface area contributed by atoms with Crippen molar-refractivity contribution in [1.82, 2.24) is 29.5 Å². The Labute approximate surface area is 215 Å². The molecule has 0 saturated carbocycles. The van der Waals surface area contributed by atoms with Gasteiger partial charge in [-0.05, 0) is 36.2 Å². The molecule has 0 spiro atoms. The lowest BCUT2D eigenvalue weighted by molar-refractivity contribution is -0.138. The van der Waals surface area contributed by atoms with Gasteiger partial charge in [0.05, 0.1) is 35.6 Å². The number of nitrogens with one attached hydrogen (secondary N) is 1. The maximum absolute atomic E-state index is 13.7. The van der Waals surface area contributed by atoms with Crippen LogP contribution in [0.15, 0.2) is 42.9 Å². The average Bonchev–Trinajstić information content (AvgIpc) is 3.57. The first-order valence-electron chi connectivity index (χ1n) is 11.7. The van der Waals surface area contributed by atoms with E-state index in [1.54, 1.807) is 48.0 Å². The molecule has 194 valence electrons. The predicted octanol–water partition coefficient (Wildman–Crippen LogP) is 4.17. The van der Waals surface area contributed by atoms with E-state index < -0.39 is 17.6 Å². The van der Waals surface area contributed by atoms with Gasteiger partial charge < -0.3 is 9.88 Å². The van der Waals surface area contributed by atoms with Crippen molar-refractivity contribution in [3.05, 3.63) is 59.5 Å². The lowest BCUT2D eigenvalue weighted by atomic mass is 10.0. The molecule has 10 nitrogen and oxygen atoms in total. The summed E-state index contributed by atoms with van der Waals surface area (Å²) in [5.74, 6) is 0.587. The monoisotopic (exact) mass is 521 g/mol. The van der Waals surface area contributed by atoms with Crippen LogP contribution in [0.3, 0.4) is 0 Å². The van der Waals surface area contributed by atoms with Crippen LogP contribution in [0.4, 0.5) is 24.8 Å². The first kappa shape index (κ1) is 24.9. The van der Waals surface area contributed by atoms with E-state index in [2.05, 4.69) is 31.7 Å². The molecule has 3 aromatic heterocycles. The van der Waals surface area contributed by atoms with Crippen LogP contribution in [-0.2, 0) is 26.8 Å². The van der Waals surface area contributed by atoms with Crippen LogP contribution in [0.2, 0.25) is 0 Å². The molecule has 1 aliphatic heterocycles. The molecule has 0 unspecified atom stereocenters. The molecule has 13 heteroatoms. The zero-order chi connectivity index (χ0) is 27.0. The van der Waals surface area contributed by atoms with Crippen molar-refractivity contribution < 1.29 is 18.0 Å². The summed E-state index contributed by atoms with van der Waals surface area (Å²) in [6, 6.07) is 9.10. The molecule has 0 saturated heterocycles. The second-order valence-corrected chi connectivity index (χ2v) is 8.80. The highest BCUT2D eigenvalue weighted by atomic mass is 19.4. The number of unbranched alkanes of at least 4 members (excludes halogenated alkanes) is 1. The molecule has 0 aliphatic carbocycles. The van der Waals surface area contributed by atoms with Gasteiger partial charge >= 0.3 is 6.18 Å². The van der Waals surface area contributed by atoms with Crippen LogP contribution in [-0.4, -0.2) is 42.0 Å². The third-order valence-corrected chi connectivity index (χ3v) is 6.30. The lowest BCUT2D eigenvalue weighted by Crippen LogP contribution is -2.24. The van der Waals surface area contributed by atoms with Gasteiger partial charge in [-0.25, -0.2) is 4.98 Å². The Morgan fingerprint density at radius 2 is 2.00 bits per heavy atom. The molecule has 38 heavy (non-hydrogen) atoms. The second kappa shape index (κ2) is 9.62. The van der Waals surface area contributed by atoms with E-state index in [0.717, 1.165) is 6.07 Å². The van der Waals surface area contributed by atoms with Gasteiger partial charge in [0.25, 0.3) is 5.91 Å². The number of nitriles is 1. The van der Waals surface area contributed by atoms with Gasteiger partial charge in [0.1, 0.15) is 18.0 Å². The Hall–Kier alpha value is -4.73. The Balaban J connectivity index is 1.60. The molecule has 5 rings (SSSR count). The fraction of sp³-hybridized carbons (Fsp3) is 0.280. The third-order valence-electron chi connectivity index (χ3n) is 6.30. The van der Waals surface area contributed by atoms with Gasteiger partial charge in [-0.3, -0.25) is 14.4 Å². The molecule has 1 aliphatic rings. The number of nitrogens with zero attached hydrogens (tertiary/aromatic N) is 8. The van der Waals surface area contributed by atoms with Gasteiger partial charge in [0.2, 0.25) is 0 Å². The molecule has 4 aromatic rings. The summed E-state index contributed by atoms with van der Waals surface area (Å²) in [4.78, 5) is 19.1. The number of rotatable bonds is 7. The largest absolute Gasteiger partial charge is 0.416 e. The molecular formula is C25H22F3N9O. The van der Waals surface area contributed by atoms with Gasteiger partial charge in [-0.2, -0.15) is 23.5 Å². The third kappa shape index (κ3) is 4.45. The van der Waals surface area contributed by atoms with Crippen LogP contribution in [0.25, 0.3) is 22.6 Å². The summed E-state index contributed by atoms with van der Waals surface area (Å²) in [6.45, 7) is 0.174. The number of aromatic nitrogens is 6. The molecule has 1 aromatic carbocycles. The van der Waals surface area contributed by atoms with Crippen LogP contribution >= 0.6 is 0 Å². The maximum atomic E-state index is 13.7. The first-order valence-corrected chi connectivity index (χ1v) is 11.7. The molecule has 4 heterocycles. The SMILES string of the molecule is Cn1cnnc1-c1cnn(C)c1-c1cc(NCCCC#N)nc(N2Cc3c(cccc3C(F)(F)F)C2=O)c1. The quantitative estimate of drug-likeness (QED) is 0.363. The smallest absolute Gasteiger partial charge is 0.370 e. The number of anilines is 2. The minimum absolute atomic E-state index is 0.00383. The van der Waals surface area contributed by atoms with Gasteiger partial charge in [-0.15, -0.1) is 10.2 Å². The summed E-state index contributed by atoms with van der Waals surface area (Å²) in [5, 5.41) is 24.5. The van der Waals surface area contributed by atoms with Crippen LogP contribution in [0.5, 0.6) is 0 Å². The van der Waals surface area contributed by atoms with E-state index in [9.17, 15) is 18.0 Å². The fourth-order valence-electron chi connectivity index (χ4n) is 4.52. The van der Waals surface area contributed by atoms with E-state index in [4.69, 9.17) is 5.26 Å². The number of pyridine rings is 1. The number of alkyl halides is 3. The fourth-order valence-corrected chi connectivity index (χ4v) is 4.52. The Morgan fingerprint density at radius 1 is 1.18 bits per heavy atom. The standard InChI is InChI=1S/C25H22F3N9O/c1-35-14-31-34-23(35)17-12-32-36(2)22(17)15-10-20(30-9-4-3-8-29)33-21(11-15)37-13-18-16(24(37)38)6-5-7-19(18)25(26,27)28/h5-7,10-12,14H,3-4,9,13H2,1-2H3,(H,30,33). The molecule has 1 amide bonds. The molecular weight excluding hydrogens is 499 g/mol. The van der Waals surface area contributed by atoms with E-state index in [-0.39, 0.29) is 23.5 Å². The zero-order valence-corrected chi connectivity index (χ0v) is 20.5. The lowest BCUT2D eigenvalue weighted by Gasteiger charge is -2.19. The highest BCUT2D eigenvalue weighted by Gasteiger charge is 2.40. The van der Waals surface area contributed by atoms with Crippen LogP contribution < -0.4 is 10.2 Å². The molecule has 0 fully saturated rings. The van der Waals surface area contributed by atoms with E-state index >= 15 is 0 Å². The first-order chi connectivity index (χ1) is 18.2. The summed E-state index contributed by atoms with van der Waals surface area (Å²) in [6.07, 6.45) is -0.477. The molecule has 0 radical (unpaired) electrons. The number of halogens is 3. The number of hydrogen-bond acceptors (Lipinski definition) is 7. The van der Waals surface area contributed by atoms with Crippen molar-refractivity contribution in [1.29, 1.82) is 5.26 Å². The zero-order valence-electron chi connectivity index (χ0n) is 20.5. The number of amides is 1. The van der Waals surface area contributed by atoms with Crippen LogP contribution in [0.1, 0.15) is 34.3 Å². The molecule has 1 N–H and O–H groups in total. The normalized spacial score (nSPS) is 13.1. The molecule has 0 atom stereocenters. The predicted molar refractivity (Wildman–Crippen MR) is 132 cm³/mol. The minimum Gasteiger partial charge on any atom is -0.370 e. The number of carbonyl (C=O) groups is 1. The Bertz CT molecular complexity index is 1560. The van der Waals surface area contributed by atoms with Crippen molar-refractivity contribution in [2.24, 2.45) is 14.1 Å². The van der Waals surface area contributed by atoms with E-state index in [0.29, 0.717) is 47.8 Å². The van der Waals surface area contributed by atoms with Crippen molar-refractivity contribution in [3.63, 3.8) is 0 Å². The van der Waals surface area contributed by atoms with E-state index in [1.165, 1.54) is 17.0 Å².